The highest BCUT2D eigenvalue weighted by Crippen LogP contribution is 2.51. The second kappa shape index (κ2) is 13.5. The molecule has 37 heavy (non-hydrogen) atoms. The summed E-state index contributed by atoms with van der Waals surface area (Å²) >= 11 is 0. The fourth-order valence-electron chi connectivity index (χ4n) is 6.59. The van der Waals surface area contributed by atoms with Gasteiger partial charge in [-0.1, -0.05) is 75.4 Å². The SMILES string of the molecule is CCCCCC(O)CC(=O)CCc1ccc(O)c(OC2CC3(CCCC3)CCC2Cc2ccccc2)c1. The molecule has 4 rings (SSSR count). The number of aryl methyl sites for hydroxylation is 1. The lowest BCUT2D eigenvalue weighted by atomic mass is 9.67. The van der Waals surface area contributed by atoms with Crippen LogP contribution in [0.3, 0.4) is 0 Å². The average molecular weight is 507 g/mol. The van der Waals surface area contributed by atoms with Gasteiger partial charge in [0.15, 0.2) is 11.5 Å². The van der Waals surface area contributed by atoms with E-state index < -0.39 is 6.10 Å². The smallest absolute Gasteiger partial charge is 0.161 e. The van der Waals surface area contributed by atoms with Crippen LogP contribution < -0.4 is 4.74 Å². The van der Waals surface area contributed by atoms with Crippen molar-refractivity contribution in [2.45, 2.75) is 115 Å². The van der Waals surface area contributed by atoms with E-state index in [-0.39, 0.29) is 24.1 Å². The first-order valence-corrected chi connectivity index (χ1v) is 14.7. The summed E-state index contributed by atoms with van der Waals surface area (Å²) in [5.74, 6) is 1.24. The number of ether oxygens (including phenoxy) is 1. The Balaban J connectivity index is 1.39. The van der Waals surface area contributed by atoms with Crippen LogP contribution in [0.5, 0.6) is 11.5 Å². The number of aliphatic hydroxyl groups is 1. The minimum atomic E-state index is -0.534. The summed E-state index contributed by atoms with van der Waals surface area (Å²) in [5.41, 5.74) is 2.74. The van der Waals surface area contributed by atoms with Crippen molar-refractivity contribution in [3.63, 3.8) is 0 Å². The number of carbonyl (C=O) groups excluding carboxylic acids is 1. The fourth-order valence-corrected chi connectivity index (χ4v) is 6.59. The van der Waals surface area contributed by atoms with Crippen molar-refractivity contribution in [3.8, 4) is 11.5 Å². The number of hydrogen-bond acceptors (Lipinski definition) is 4. The van der Waals surface area contributed by atoms with E-state index in [1.807, 2.05) is 12.1 Å². The standard InChI is InChI=1S/C33H46O4/c1-2-3-5-12-28(34)23-29(35)15-13-26-14-16-30(36)31(22-26)37-32-24-33(18-8-9-19-33)20-17-27(32)21-25-10-6-4-7-11-25/h4,6-7,10-11,14,16,22,27-28,32,34,36H,2-3,5,8-9,12-13,15,17-21,23-24H2,1H3. The first-order chi connectivity index (χ1) is 18.0. The molecule has 1 spiro atoms. The van der Waals surface area contributed by atoms with Gasteiger partial charge in [0.1, 0.15) is 11.9 Å². The summed E-state index contributed by atoms with van der Waals surface area (Å²) in [7, 11) is 0. The van der Waals surface area contributed by atoms with Gasteiger partial charge in [0, 0.05) is 12.8 Å². The van der Waals surface area contributed by atoms with Crippen molar-refractivity contribution < 1.29 is 19.7 Å². The number of ketones is 1. The van der Waals surface area contributed by atoms with Gasteiger partial charge in [-0.15, -0.1) is 0 Å². The highest BCUT2D eigenvalue weighted by atomic mass is 16.5. The number of phenols is 1. The first kappa shape index (κ1) is 27.7. The topological polar surface area (TPSA) is 66.8 Å². The van der Waals surface area contributed by atoms with Crippen molar-refractivity contribution in [1.82, 2.24) is 0 Å². The molecular formula is C33H46O4. The van der Waals surface area contributed by atoms with Gasteiger partial charge in [-0.25, -0.2) is 0 Å². The van der Waals surface area contributed by atoms with Crippen molar-refractivity contribution >= 4 is 5.78 Å². The van der Waals surface area contributed by atoms with Gasteiger partial charge in [-0.2, -0.15) is 0 Å². The number of unbranched alkanes of at least 4 members (excludes halogenated alkanes) is 2. The largest absolute Gasteiger partial charge is 0.504 e. The molecular weight excluding hydrogens is 460 g/mol. The van der Waals surface area contributed by atoms with E-state index in [1.54, 1.807) is 6.07 Å². The Hall–Kier alpha value is -2.33. The molecule has 0 amide bonds. The molecule has 0 aromatic heterocycles. The zero-order valence-corrected chi connectivity index (χ0v) is 22.7. The van der Waals surface area contributed by atoms with Crippen LogP contribution in [0, 0.1) is 11.3 Å². The lowest BCUT2D eigenvalue weighted by molar-refractivity contribution is -0.121. The number of aliphatic hydroxyl groups excluding tert-OH is 1. The molecule has 2 N–H and O–H groups in total. The van der Waals surface area contributed by atoms with E-state index in [1.165, 1.54) is 37.7 Å². The third-order valence-corrected chi connectivity index (χ3v) is 8.81. The van der Waals surface area contributed by atoms with Crippen LogP contribution in [0.4, 0.5) is 0 Å². The third kappa shape index (κ3) is 8.07. The summed E-state index contributed by atoms with van der Waals surface area (Å²) in [4.78, 5) is 12.4. The van der Waals surface area contributed by atoms with E-state index >= 15 is 0 Å². The lowest BCUT2D eigenvalue weighted by Gasteiger charge is -2.43. The Bertz CT molecular complexity index is 979. The number of phenolic OH excluding ortho intramolecular Hbond substituents is 1. The monoisotopic (exact) mass is 506 g/mol. The average Bonchev–Trinajstić information content (AvgIpc) is 3.34. The number of carbonyl (C=O) groups is 1. The molecule has 2 fully saturated rings. The summed E-state index contributed by atoms with van der Waals surface area (Å²) in [6, 6.07) is 16.2. The van der Waals surface area contributed by atoms with E-state index in [9.17, 15) is 15.0 Å². The maximum absolute atomic E-state index is 12.4. The zero-order chi connectivity index (χ0) is 26.1. The summed E-state index contributed by atoms with van der Waals surface area (Å²) in [6.45, 7) is 2.14. The predicted octanol–water partition coefficient (Wildman–Crippen LogP) is 7.58. The van der Waals surface area contributed by atoms with Crippen molar-refractivity contribution in [3.05, 3.63) is 59.7 Å². The Morgan fingerprint density at radius 2 is 1.84 bits per heavy atom. The van der Waals surface area contributed by atoms with Crippen LogP contribution in [-0.4, -0.2) is 28.2 Å². The van der Waals surface area contributed by atoms with Gasteiger partial charge in [0.05, 0.1) is 6.10 Å². The van der Waals surface area contributed by atoms with Gasteiger partial charge < -0.3 is 14.9 Å². The van der Waals surface area contributed by atoms with Crippen LogP contribution in [0.2, 0.25) is 0 Å². The molecule has 202 valence electrons. The molecule has 2 saturated carbocycles. The molecule has 2 aliphatic rings. The van der Waals surface area contributed by atoms with Gasteiger partial charge in [0.2, 0.25) is 0 Å². The minimum absolute atomic E-state index is 0.0769. The molecule has 0 bridgehead atoms. The van der Waals surface area contributed by atoms with Crippen molar-refractivity contribution in [1.29, 1.82) is 0 Å². The number of aromatic hydroxyl groups is 1. The maximum atomic E-state index is 12.4. The summed E-state index contributed by atoms with van der Waals surface area (Å²) < 4.78 is 6.65. The number of rotatable bonds is 13. The predicted molar refractivity (Wildman–Crippen MR) is 149 cm³/mol. The quantitative estimate of drug-likeness (QED) is 0.275. The molecule has 0 heterocycles. The van der Waals surface area contributed by atoms with Crippen LogP contribution in [0.1, 0.15) is 102 Å². The molecule has 0 aliphatic heterocycles. The van der Waals surface area contributed by atoms with Crippen LogP contribution >= 0.6 is 0 Å². The van der Waals surface area contributed by atoms with Crippen LogP contribution in [0.25, 0.3) is 0 Å². The molecule has 3 atom stereocenters. The molecule has 0 radical (unpaired) electrons. The molecule has 2 aromatic rings. The maximum Gasteiger partial charge on any atom is 0.161 e. The molecule has 0 saturated heterocycles. The van der Waals surface area contributed by atoms with Crippen molar-refractivity contribution in [2.24, 2.45) is 11.3 Å². The summed E-state index contributed by atoms with van der Waals surface area (Å²) in [6.07, 6.45) is 14.4. The number of Topliss-reactive ketones (excluding diaryl/α,β-unsaturated/α-hetero) is 1. The Morgan fingerprint density at radius 3 is 2.59 bits per heavy atom. The third-order valence-electron chi connectivity index (χ3n) is 8.81. The van der Waals surface area contributed by atoms with Gasteiger partial charge >= 0.3 is 0 Å². The highest BCUT2D eigenvalue weighted by molar-refractivity contribution is 5.79. The van der Waals surface area contributed by atoms with E-state index in [0.29, 0.717) is 36.3 Å². The second-order valence-corrected chi connectivity index (χ2v) is 11.8. The molecule has 2 aromatic carbocycles. The Labute approximate surface area is 223 Å². The van der Waals surface area contributed by atoms with Gasteiger partial charge in [-0.3, -0.25) is 4.79 Å². The van der Waals surface area contributed by atoms with Crippen LogP contribution in [-0.2, 0) is 17.6 Å². The fraction of sp³-hybridized carbons (Fsp3) is 0.606. The zero-order valence-electron chi connectivity index (χ0n) is 22.7. The Kier molecular flexibility index (Phi) is 10.1. The second-order valence-electron chi connectivity index (χ2n) is 11.8. The van der Waals surface area contributed by atoms with Gasteiger partial charge in [-0.05, 0) is 86.0 Å². The molecule has 4 heteroatoms. The molecule has 2 aliphatic carbocycles. The normalized spacial score (nSPS) is 21.7. The Morgan fingerprint density at radius 1 is 1.05 bits per heavy atom. The van der Waals surface area contributed by atoms with E-state index in [2.05, 4.69) is 37.3 Å². The lowest BCUT2D eigenvalue weighted by Crippen LogP contribution is -2.40. The van der Waals surface area contributed by atoms with Gasteiger partial charge in [0.25, 0.3) is 0 Å². The highest BCUT2D eigenvalue weighted by Gasteiger charge is 2.43. The number of hydrogen-bond donors (Lipinski definition) is 2. The molecule has 4 nitrogen and oxygen atoms in total. The van der Waals surface area contributed by atoms with E-state index in [0.717, 1.165) is 44.1 Å². The first-order valence-electron chi connectivity index (χ1n) is 14.7. The summed E-state index contributed by atoms with van der Waals surface area (Å²) in [5, 5.41) is 20.8. The van der Waals surface area contributed by atoms with Crippen LogP contribution in [0.15, 0.2) is 48.5 Å². The minimum Gasteiger partial charge on any atom is -0.504 e. The molecule has 3 unspecified atom stereocenters. The van der Waals surface area contributed by atoms with Crippen molar-refractivity contribution in [2.75, 3.05) is 0 Å². The number of benzene rings is 2. The van der Waals surface area contributed by atoms with E-state index in [4.69, 9.17) is 4.74 Å².